The summed E-state index contributed by atoms with van der Waals surface area (Å²) in [5, 5.41) is 14.6. The van der Waals surface area contributed by atoms with E-state index in [1.165, 1.54) is 6.07 Å². The molecule has 1 aromatic rings. The minimum absolute atomic E-state index is 0.0677. The molecule has 0 unspecified atom stereocenters. The molecule has 0 bridgehead atoms. The van der Waals surface area contributed by atoms with E-state index in [0.29, 0.717) is 5.88 Å². The Morgan fingerprint density at radius 3 is 2.78 bits per heavy atom. The Balaban J connectivity index is 1.98. The van der Waals surface area contributed by atoms with E-state index >= 15 is 0 Å². The second-order valence-corrected chi connectivity index (χ2v) is 4.30. The molecule has 0 spiro atoms. The molecule has 1 aliphatic rings. The van der Waals surface area contributed by atoms with E-state index in [1.807, 2.05) is 0 Å². The van der Waals surface area contributed by atoms with Gasteiger partial charge < -0.3 is 9.64 Å². The van der Waals surface area contributed by atoms with Gasteiger partial charge in [-0.1, -0.05) is 12.1 Å². The minimum Gasteiger partial charge on any atom is -0.473 e. The lowest BCUT2D eigenvalue weighted by Gasteiger charge is -2.30. The summed E-state index contributed by atoms with van der Waals surface area (Å²) in [5.74, 6) is 0.428. The number of rotatable bonds is 4. The molecule has 7 heteroatoms. The molecule has 0 saturated carbocycles. The van der Waals surface area contributed by atoms with Crippen molar-refractivity contribution in [1.29, 1.82) is 10.9 Å². The van der Waals surface area contributed by atoms with Crippen LogP contribution in [0.25, 0.3) is 0 Å². The van der Waals surface area contributed by atoms with Gasteiger partial charge in [0.1, 0.15) is 6.10 Å². The van der Waals surface area contributed by atoms with Crippen molar-refractivity contribution in [1.82, 2.24) is 14.8 Å². The summed E-state index contributed by atoms with van der Waals surface area (Å²) in [4.78, 5) is 3.33. The van der Waals surface area contributed by atoms with Gasteiger partial charge in [0.05, 0.1) is 0 Å². The quantitative estimate of drug-likeness (QED) is 0.782. The van der Waals surface area contributed by atoms with Gasteiger partial charge in [0.2, 0.25) is 5.88 Å². The fraction of sp³-hybridized carbons (Fsp3) is 0.636. The van der Waals surface area contributed by atoms with Crippen LogP contribution in [0.3, 0.4) is 0 Å². The number of likely N-dealkylation sites (tertiary alicyclic amines) is 1. The third kappa shape index (κ3) is 2.92. The highest BCUT2D eigenvalue weighted by molar-refractivity contribution is 5.06. The molecule has 0 aromatic carbocycles. The highest BCUT2D eigenvalue weighted by atomic mass is 16.5. The van der Waals surface area contributed by atoms with Crippen LogP contribution in [0.4, 0.5) is 0 Å². The predicted octanol–water partition coefficient (Wildman–Crippen LogP) is 1.02. The number of hydrogen-bond donors (Lipinski definition) is 2. The van der Waals surface area contributed by atoms with Crippen LogP contribution in [-0.2, 0) is 0 Å². The van der Waals surface area contributed by atoms with Crippen LogP contribution in [0.1, 0.15) is 19.8 Å². The van der Waals surface area contributed by atoms with E-state index in [0.717, 1.165) is 37.3 Å². The van der Waals surface area contributed by atoms with E-state index in [2.05, 4.69) is 22.1 Å². The minimum atomic E-state index is 0.0677. The number of aromatic nitrogens is 2. The Morgan fingerprint density at radius 1 is 1.44 bits per heavy atom. The predicted molar refractivity (Wildman–Crippen MR) is 64.4 cm³/mol. The largest absolute Gasteiger partial charge is 0.473 e. The molecule has 1 aliphatic heterocycles. The maximum Gasteiger partial charge on any atom is 0.233 e. The van der Waals surface area contributed by atoms with Crippen molar-refractivity contribution in [3.63, 3.8) is 0 Å². The first-order valence-corrected chi connectivity index (χ1v) is 6.14. The summed E-state index contributed by atoms with van der Waals surface area (Å²) in [6.45, 7) is 5.33. The molecule has 0 atom stereocenters. The summed E-state index contributed by atoms with van der Waals surface area (Å²) in [6, 6.07) is 3.18. The smallest absolute Gasteiger partial charge is 0.233 e. The lowest BCUT2D eigenvalue weighted by Crippen LogP contribution is -2.38. The van der Waals surface area contributed by atoms with E-state index in [9.17, 15) is 0 Å². The molecule has 18 heavy (non-hydrogen) atoms. The van der Waals surface area contributed by atoms with E-state index in [1.54, 1.807) is 6.07 Å². The van der Waals surface area contributed by atoms with E-state index < -0.39 is 0 Å². The first-order valence-electron chi connectivity index (χ1n) is 6.14. The number of piperidine rings is 1. The summed E-state index contributed by atoms with van der Waals surface area (Å²) >= 11 is 0. The van der Waals surface area contributed by atoms with Crippen molar-refractivity contribution in [2.75, 3.05) is 19.6 Å². The van der Waals surface area contributed by atoms with E-state index in [4.69, 9.17) is 15.7 Å². The summed E-state index contributed by atoms with van der Waals surface area (Å²) in [5.41, 5.74) is 6.96. The topological polar surface area (TPSA) is 90.4 Å². The fourth-order valence-corrected chi connectivity index (χ4v) is 2.05. The molecule has 98 valence electrons. The lowest BCUT2D eigenvalue weighted by molar-refractivity contribution is 0.0977. The first kappa shape index (κ1) is 12.7. The monoisotopic (exact) mass is 250 g/mol. The van der Waals surface area contributed by atoms with Crippen molar-refractivity contribution in [2.45, 2.75) is 25.9 Å². The second kappa shape index (κ2) is 5.72. The van der Waals surface area contributed by atoms with Crippen LogP contribution in [0.15, 0.2) is 17.4 Å². The van der Waals surface area contributed by atoms with Crippen LogP contribution < -0.4 is 10.2 Å². The average Bonchev–Trinajstić information content (AvgIpc) is 2.42. The zero-order valence-corrected chi connectivity index (χ0v) is 10.5. The van der Waals surface area contributed by atoms with Crippen LogP contribution in [0.2, 0.25) is 0 Å². The van der Waals surface area contributed by atoms with Crippen molar-refractivity contribution in [3.8, 4) is 5.88 Å². The number of nitrogens with one attached hydrogen (secondary N) is 2. The van der Waals surface area contributed by atoms with Crippen LogP contribution >= 0.6 is 0 Å². The molecule has 0 radical (unpaired) electrons. The molecule has 1 saturated heterocycles. The molecule has 7 nitrogen and oxygen atoms in total. The van der Waals surface area contributed by atoms with Crippen molar-refractivity contribution < 1.29 is 4.74 Å². The fourth-order valence-electron chi connectivity index (χ4n) is 2.05. The van der Waals surface area contributed by atoms with Gasteiger partial charge in [-0.2, -0.15) is 5.53 Å². The normalized spacial score (nSPS) is 17.6. The Kier molecular flexibility index (Phi) is 4.03. The Morgan fingerprint density at radius 2 is 2.17 bits per heavy atom. The first-order chi connectivity index (χ1) is 8.72. The molecule has 2 heterocycles. The standard InChI is InChI=1S/C11H18N6O/c1-2-16-7-5-9(6-8-16)18-11-4-3-10(12)17(14-11)15-13/h3-4,9,12-13H,2,5-8H2,1H3. The maximum absolute atomic E-state index is 7.46. The Bertz CT molecular complexity index is 463. The lowest BCUT2D eigenvalue weighted by atomic mass is 10.1. The maximum atomic E-state index is 7.46. The van der Waals surface area contributed by atoms with Crippen LogP contribution in [0.5, 0.6) is 5.88 Å². The van der Waals surface area contributed by atoms with Gasteiger partial charge in [0.25, 0.3) is 0 Å². The summed E-state index contributed by atoms with van der Waals surface area (Å²) < 4.78 is 5.76. The Hall–Kier alpha value is -1.76. The zero-order valence-electron chi connectivity index (χ0n) is 10.5. The van der Waals surface area contributed by atoms with Gasteiger partial charge in [-0.05, 0) is 25.5 Å². The van der Waals surface area contributed by atoms with Gasteiger partial charge in [0, 0.05) is 19.2 Å². The van der Waals surface area contributed by atoms with Gasteiger partial charge in [-0.25, -0.2) is 0 Å². The van der Waals surface area contributed by atoms with Crippen molar-refractivity contribution in [2.24, 2.45) is 5.22 Å². The second-order valence-electron chi connectivity index (χ2n) is 4.30. The molecule has 0 aliphatic carbocycles. The average molecular weight is 250 g/mol. The highest BCUT2D eigenvalue weighted by Crippen LogP contribution is 2.15. The van der Waals surface area contributed by atoms with Gasteiger partial charge in [-0.3, -0.25) is 5.41 Å². The number of nitrogens with zero attached hydrogens (tertiary/aromatic N) is 4. The molecular formula is C11H18N6O. The van der Waals surface area contributed by atoms with Crippen LogP contribution in [-0.4, -0.2) is 40.5 Å². The van der Waals surface area contributed by atoms with E-state index in [-0.39, 0.29) is 11.6 Å². The number of hydrogen-bond acceptors (Lipinski definition) is 6. The number of ether oxygens (including phenoxy) is 1. The van der Waals surface area contributed by atoms with Gasteiger partial charge in [-0.15, -0.1) is 9.89 Å². The van der Waals surface area contributed by atoms with Crippen molar-refractivity contribution in [3.05, 3.63) is 17.6 Å². The third-order valence-electron chi connectivity index (χ3n) is 3.16. The zero-order chi connectivity index (χ0) is 13.0. The van der Waals surface area contributed by atoms with Crippen LogP contribution in [0, 0.1) is 10.9 Å². The Labute approximate surface area is 105 Å². The summed E-state index contributed by atoms with van der Waals surface area (Å²) in [6.07, 6.45) is 2.13. The third-order valence-corrected chi connectivity index (χ3v) is 3.16. The molecular weight excluding hydrogens is 232 g/mol. The SMILES string of the molecule is CCN1CCC(Oc2ccc(=N)n(N=N)n2)CC1. The highest BCUT2D eigenvalue weighted by Gasteiger charge is 2.19. The summed E-state index contributed by atoms with van der Waals surface area (Å²) in [7, 11) is 0. The molecule has 0 amide bonds. The van der Waals surface area contributed by atoms with Crippen molar-refractivity contribution >= 4 is 0 Å². The molecule has 1 fully saturated rings. The molecule has 2 N–H and O–H groups in total. The van der Waals surface area contributed by atoms with Gasteiger partial charge in [0.15, 0.2) is 5.49 Å². The van der Waals surface area contributed by atoms with Gasteiger partial charge >= 0.3 is 0 Å². The molecule has 1 aromatic heterocycles. The molecule has 2 rings (SSSR count).